The van der Waals surface area contributed by atoms with Crippen molar-refractivity contribution in [1.82, 2.24) is 9.55 Å². The summed E-state index contributed by atoms with van der Waals surface area (Å²) in [7, 11) is 0. The number of nitrogens with zero attached hydrogens (tertiary/aromatic N) is 2. The maximum absolute atomic E-state index is 6.26. The summed E-state index contributed by atoms with van der Waals surface area (Å²) in [5.74, 6) is 1.66. The predicted molar refractivity (Wildman–Crippen MR) is 79.5 cm³/mol. The molecule has 0 aliphatic rings. The molecule has 0 aliphatic carbocycles. The highest BCUT2D eigenvalue weighted by Crippen LogP contribution is 2.32. The molecule has 0 saturated heterocycles. The van der Waals surface area contributed by atoms with Gasteiger partial charge in [0.2, 0.25) is 0 Å². The van der Waals surface area contributed by atoms with Gasteiger partial charge >= 0.3 is 0 Å². The monoisotopic (exact) mass is 307 g/mol. The topological polar surface area (TPSA) is 43.8 Å². The predicted octanol–water partition coefficient (Wildman–Crippen LogP) is 3.96. The molecule has 18 heavy (non-hydrogen) atoms. The highest BCUT2D eigenvalue weighted by atomic mass is 79.9. The van der Waals surface area contributed by atoms with Crippen molar-refractivity contribution < 1.29 is 0 Å². The molecule has 0 unspecified atom stereocenters. The summed E-state index contributed by atoms with van der Waals surface area (Å²) in [6, 6.07) is 8.04. The number of halogens is 1. The van der Waals surface area contributed by atoms with Crippen LogP contribution >= 0.6 is 15.9 Å². The third-order valence-corrected chi connectivity index (χ3v) is 3.34. The first kappa shape index (κ1) is 13.1. The number of hydrogen-bond acceptors (Lipinski definition) is 2. The lowest BCUT2D eigenvalue weighted by atomic mass is 10.1. The molecule has 0 atom stereocenters. The van der Waals surface area contributed by atoms with Crippen LogP contribution in [-0.4, -0.2) is 9.55 Å². The van der Waals surface area contributed by atoms with Gasteiger partial charge in [0.1, 0.15) is 17.3 Å². The first-order valence-corrected chi connectivity index (χ1v) is 6.71. The lowest BCUT2D eigenvalue weighted by Crippen LogP contribution is -2.24. The number of anilines is 1. The molecular formula is C14H18BrN3. The van der Waals surface area contributed by atoms with E-state index in [2.05, 4.69) is 46.3 Å². The average molecular weight is 308 g/mol. The largest absolute Gasteiger partial charge is 0.383 e. The summed E-state index contributed by atoms with van der Waals surface area (Å²) < 4.78 is 3.10. The number of benzene rings is 1. The van der Waals surface area contributed by atoms with Crippen molar-refractivity contribution in [2.75, 3.05) is 5.73 Å². The van der Waals surface area contributed by atoms with Crippen LogP contribution in [0.25, 0.3) is 11.3 Å². The number of aromatic nitrogens is 2. The number of nitrogens with two attached hydrogens (primary N) is 1. The minimum atomic E-state index is -0.0641. The summed E-state index contributed by atoms with van der Waals surface area (Å²) >= 11 is 3.47. The molecule has 1 aromatic heterocycles. The van der Waals surface area contributed by atoms with Crippen LogP contribution in [0.3, 0.4) is 0 Å². The van der Waals surface area contributed by atoms with Gasteiger partial charge in [-0.05, 0) is 39.8 Å². The minimum absolute atomic E-state index is 0.0641. The van der Waals surface area contributed by atoms with E-state index in [0.29, 0.717) is 0 Å². The fraction of sp³-hybridized carbons (Fsp3) is 0.357. The van der Waals surface area contributed by atoms with Gasteiger partial charge in [-0.15, -0.1) is 0 Å². The van der Waals surface area contributed by atoms with Gasteiger partial charge in [-0.2, -0.15) is 0 Å². The molecule has 2 N–H and O–H groups in total. The molecule has 0 spiro atoms. The Morgan fingerprint density at radius 2 is 1.94 bits per heavy atom. The molecule has 1 heterocycles. The van der Waals surface area contributed by atoms with Gasteiger partial charge in [-0.25, -0.2) is 4.98 Å². The Morgan fingerprint density at radius 1 is 1.28 bits per heavy atom. The van der Waals surface area contributed by atoms with Crippen LogP contribution in [0.2, 0.25) is 0 Å². The molecule has 0 saturated carbocycles. The van der Waals surface area contributed by atoms with Crippen LogP contribution in [-0.2, 0) is 5.54 Å². The normalized spacial score (nSPS) is 11.8. The number of imidazole rings is 1. The molecule has 4 heteroatoms. The molecule has 0 fully saturated rings. The van der Waals surface area contributed by atoms with E-state index in [0.717, 1.165) is 27.4 Å². The Hall–Kier alpha value is -1.29. The fourth-order valence-corrected chi connectivity index (χ4v) is 2.64. The lowest BCUT2D eigenvalue weighted by molar-refractivity contribution is 0.393. The Kier molecular flexibility index (Phi) is 3.23. The van der Waals surface area contributed by atoms with Gasteiger partial charge in [0.05, 0.1) is 0 Å². The number of rotatable bonds is 1. The van der Waals surface area contributed by atoms with Gasteiger partial charge in [0.15, 0.2) is 0 Å². The van der Waals surface area contributed by atoms with Gasteiger partial charge in [0.25, 0.3) is 0 Å². The summed E-state index contributed by atoms with van der Waals surface area (Å²) in [4.78, 5) is 4.61. The van der Waals surface area contributed by atoms with Crippen molar-refractivity contribution >= 4 is 21.7 Å². The van der Waals surface area contributed by atoms with Crippen LogP contribution in [0.1, 0.15) is 26.6 Å². The molecule has 2 aromatic rings. The van der Waals surface area contributed by atoms with Gasteiger partial charge < -0.3 is 10.3 Å². The highest BCUT2D eigenvalue weighted by Gasteiger charge is 2.22. The molecule has 2 rings (SSSR count). The van der Waals surface area contributed by atoms with E-state index in [9.17, 15) is 0 Å². The Morgan fingerprint density at radius 3 is 2.44 bits per heavy atom. The van der Waals surface area contributed by atoms with Crippen LogP contribution in [0.5, 0.6) is 0 Å². The zero-order chi connectivity index (χ0) is 13.5. The van der Waals surface area contributed by atoms with E-state index in [1.54, 1.807) is 0 Å². The van der Waals surface area contributed by atoms with E-state index in [-0.39, 0.29) is 5.54 Å². The summed E-state index contributed by atoms with van der Waals surface area (Å²) in [6.45, 7) is 8.37. The van der Waals surface area contributed by atoms with Crippen LogP contribution in [0, 0.1) is 6.92 Å². The first-order chi connectivity index (χ1) is 8.30. The number of aryl methyl sites for hydroxylation is 1. The lowest BCUT2D eigenvalue weighted by Gasteiger charge is -2.24. The molecule has 96 valence electrons. The summed E-state index contributed by atoms with van der Waals surface area (Å²) in [6.07, 6.45) is 0. The Bertz CT molecular complexity index is 579. The second kappa shape index (κ2) is 4.43. The van der Waals surface area contributed by atoms with Crippen molar-refractivity contribution in [3.63, 3.8) is 0 Å². The molecule has 0 bridgehead atoms. The quantitative estimate of drug-likeness (QED) is 0.866. The van der Waals surface area contributed by atoms with E-state index in [4.69, 9.17) is 5.73 Å². The van der Waals surface area contributed by atoms with Crippen LogP contribution < -0.4 is 5.73 Å². The second-order valence-electron chi connectivity index (χ2n) is 5.41. The van der Waals surface area contributed by atoms with Crippen molar-refractivity contribution in [2.45, 2.75) is 33.2 Å². The van der Waals surface area contributed by atoms with Crippen LogP contribution in [0.4, 0.5) is 5.82 Å². The van der Waals surface area contributed by atoms with Crippen molar-refractivity contribution in [2.24, 2.45) is 0 Å². The fourth-order valence-electron chi connectivity index (χ4n) is 2.24. The van der Waals surface area contributed by atoms with E-state index >= 15 is 0 Å². The van der Waals surface area contributed by atoms with Crippen molar-refractivity contribution in [3.8, 4) is 11.3 Å². The average Bonchev–Trinajstić information content (AvgIpc) is 2.53. The third-order valence-electron chi connectivity index (χ3n) is 2.85. The molecule has 0 amide bonds. The van der Waals surface area contributed by atoms with Gasteiger partial charge in [-0.3, -0.25) is 0 Å². The first-order valence-electron chi connectivity index (χ1n) is 5.92. The standard InChI is InChI=1S/C14H18BrN3/c1-9-17-12(10-6-5-7-11(15)8-10)13(16)18(9)14(2,3)4/h5-8H,16H2,1-4H3. The summed E-state index contributed by atoms with van der Waals surface area (Å²) in [5.41, 5.74) is 8.08. The maximum Gasteiger partial charge on any atom is 0.132 e. The van der Waals surface area contributed by atoms with Gasteiger partial charge in [-0.1, -0.05) is 28.1 Å². The second-order valence-corrected chi connectivity index (χ2v) is 6.33. The zero-order valence-corrected chi connectivity index (χ0v) is 12.7. The highest BCUT2D eigenvalue weighted by molar-refractivity contribution is 9.10. The summed E-state index contributed by atoms with van der Waals surface area (Å²) in [5, 5.41) is 0. The Balaban J connectivity index is 2.61. The smallest absolute Gasteiger partial charge is 0.132 e. The molecule has 1 aromatic carbocycles. The van der Waals surface area contributed by atoms with E-state index < -0.39 is 0 Å². The third kappa shape index (κ3) is 2.29. The number of hydrogen-bond donors (Lipinski definition) is 1. The van der Waals surface area contributed by atoms with E-state index in [1.165, 1.54) is 0 Å². The van der Waals surface area contributed by atoms with E-state index in [1.807, 2.05) is 31.2 Å². The SMILES string of the molecule is Cc1nc(-c2cccc(Br)c2)c(N)n1C(C)(C)C. The van der Waals surface area contributed by atoms with Gasteiger partial charge in [0, 0.05) is 15.6 Å². The molecule has 3 nitrogen and oxygen atoms in total. The molecule has 0 aliphatic heterocycles. The minimum Gasteiger partial charge on any atom is -0.383 e. The zero-order valence-electron chi connectivity index (χ0n) is 11.2. The van der Waals surface area contributed by atoms with Crippen LogP contribution in [0.15, 0.2) is 28.7 Å². The maximum atomic E-state index is 6.26. The molecule has 0 radical (unpaired) electrons. The number of nitrogen functional groups attached to an aromatic ring is 1. The molecular weight excluding hydrogens is 290 g/mol. The Labute approximate surface area is 116 Å². The van der Waals surface area contributed by atoms with Crippen molar-refractivity contribution in [1.29, 1.82) is 0 Å². The van der Waals surface area contributed by atoms with Crippen molar-refractivity contribution in [3.05, 3.63) is 34.6 Å².